The number of allylic oxidation sites excluding steroid dienone is 4. The number of ketones is 1. The van der Waals surface area contributed by atoms with Crippen LogP contribution in [0.25, 0.3) is 0 Å². The standard InChI is InChI=1S/C6H7.C3H6O.Zr/c1-6-4-2-3-5-6;1-3(2)4;/h2,4H,3H2,1H3;1-2H3;. The maximum atomic E-state index is 9.44. The summed E-state index contributed by atoms with van der Waals surface area (Å²) in [7, 11) is 0. The molecule has 0 saturated carbocycles. The summed E-state index contributed by atoms with van der Waals surface area (Å²) < 4.78 is 1.60. The second-order valence-electron chi connectivity index (χ2n) is 2.68. The molecule has 0 N–H and O–H groups in total. The van der Waals surface area contributed by atoms with Gasteiger partial charge in [-0.15, -0.1) is 0 Å². The first-order valence-corrected chi connectivity index (χ1v) is 4.82. The van der Waals surface area contributed by atoms with Crippen LogP contribution < -0.4 is 0 Å². The molecule has 0 heterocycles. The van der Waals surface area contributed by atoms with Gasteiger partial charge >= 0.3 is 59.1 Å². The van der Waals surface area contributed by atoms with Crippen molar-refractivity contribution in [3.63, 3.8) is 0 Å². The zero-order valence-electron chi connectivity index (χ0n) is 7.27. The van der Waals surface area contributed by atoms with Crippen molar-refractivity contribution in [3.8, 4) is 0 Å². The average molecular weight is 228 g/mol. The van der Waals surface area contributed by atoms with Crippen LogP contribution in [0.4, 0.5) is 0 Å². The Balaban J connectivity index is 0.000000218. The summed E-state index contributed by atoms with van der Waals surface area (Å²) in [6, 6.07) is 0. The van der Waals surface area contributed by atoms with Crippen molar-refractivity contribution in [1.29, 1.82) is 0 Å². The Morgan fingerprint density at radius 3 is 2.09 bits per heavy atom. The fourth-order valence-electron chi connectivity index (χ4n) is 0.615. The Morgan fingerprint density at radius 1 is 1.55 bits per heavy atom. The summed E-state index contributed by atoms with van der Waals surface area (Å²) in [5.74, 6) is 0.167. The van der Waals surface area contributed by atoms with Crippen LogP contribution in [-0.2, 0) is 29.5 Å². The Labute approximate surface area is 83.4 Å². The summed E-state index contributed by atoms with van der Waals surface area (Å²) in [6.45, 7) is 5.23. The van der Waals surface area contributed by atoms with Crippen molar-refractivity contribution in [3.05, 3.63) is 21.0 Å². The minimum atomic E-state index is 0.167. The second kappa shape index (κ2) is 5.65. The van der Waals surface area contributed by atoms with Crippen LogP contribution in [0.5, 0.6) is 0 Å². The van der Waals surface area contributed by atoms with E-state index in [2.05, 4.69) is 19.1 Å². The van der Waals surface area contributed by atoms with Crippen LogP contribution in [0.15, 0.2) is 21.0 Å². The second-order valence-corrected chi connectivity index (χ2v) is 4.16. The number of Topliss-reactive ketones (excluding diaryl/α,β-unsaturated/α-hetero) is 1. The van der Waals surface area contributed by atoms with Crippen molar-refractivity contribution in [2.75, 3.05) is 0 Å². The number of rotatable bonds is 0. The molecule has 0 spiro atoms. The van der Waals surface area contributed by atoms with Crippen LogP contribution in [0.3, 0.4) is 0 Å². The van der Waals surface area contributed by atoms with Gasteiger partial charge in [0.25, 0.3) is 0 Å². The third-order valence-corrected chi connectivity index (χ3v) is 2.64. The summed E-state index contributed by atoms with van der Waals surface area (Å²) in [4.78, 5) is 9.44. The molecular formula is C9H13OZr. The summed E-state index contributed by atoms with van der Waals surface area (Å²) in [6.07, 6.45) is 5.63. The van der Waals surface area contributed by atoms with E-state index in [4.69, 9.17) is 0 Å². The van der Waals surface area contributed by atoms with Gasteiger partial charge < -0.3 is 4.79 Å². The van der Waals surface area contributed by atoms with E-state index >= 15 is 0 Å². The Bertz CT molecular complexity index is 198. The van der Waals surface area contributed by atoms with Gasteiger partial charge in [0.2, 0.25) is 0 Å². The molecule has 0 aliphatic heterocycles. The van der Waals surface area contributed by atoms with E-state index in [1.165, 1.54) is 25.8 Å². The Morgan fingerprint density at radius 2 is 2.00 bits per heavy atom. The Kier molecular flexibility index (Phi) is 5.67. The molecule has 1 rings (SSSR count). The monoisotopic (exact) mass is 227 g/mol. The van der Waals surface area contributed by atoms with Crippen molar-refractivity contribution in [1.82, 2.24) is 0 Å². The van der Waals surface area contributed by atoms with E-state index in [0.29, 0.717) is 0 Å². The maximum absolute atomic E-state index is 9.44. The molecule has 1 aliphatic carbocycles. The van der Waals surface area contributed by atoms with E-state index < -0.39 is 0 Å². The SMILES string of the molecule is CC(C)=O.CC1=[C]([Zr])CC=C1. The molecule has 0 radical (unpaired) electrons. The number of hydrogen-bond donors (Lipinski definition) is 0. The first-order chi connectivity index (χ1) is 5.04. The van der Waals surface area contributed by atoms with Gasteiger partial charge in [-0.25, -0.2) is 0 Å². The van der Waals surface area contributed by atoms with Gasteiger partial charge in [-0.1, -0.05) is 0 Å². The summed E-state index contributed by atoms with van der Waals surface area (Å²) >= 11 is 1.58. The number of carbonyl (C=O) groups excluding carboxylic acids is 1. The van der Waals surface area contributed by atoms with Crippen LogP contribution in [0.2, 0.25) is 0 Å². The molecule has 0 aromatic carbocycles. The molecule has 0 aromatic rings. The topological polar surface area (TPSA) is 17.1 Å². The predicted molar refractivity (Wildman–Crippen MR) is 42.8 cm³/mol. The molecule has 0 atom stereocenters. The molecule has 0 fully saturated rings. The minimum absolute atomic E-state index is 0.167. The molecule has 0 unspecified atom stereocenters. The molecule has 0 saturated heterocycles. The van der Waals surface area contributed by atoms with Crippen LogP contribution in [-0.4, -0.2) is 5.78 Å². The quantitative estimate of drug-likeness (QED) is 0.622. The van der Waals surface area contributed by atoms with Crippen molar-refractivity contribution in [2.45, 2.75) is 27.2 Å². The fourth-order valence-corrected chi connectivity index (χ4v) is 1.11. The van der Waals surface area contributed by atoms with Crippen LogP contribution >= 0.6 is 0 Å². The summed E-state index contributed by atoms with van der Waals surface area (Å²) in [5, 5.41) is 0. The first kappa shape index (κ1) is 11.0. The molecule has 1 aliphatic rings. The Hall–Kier alpha value is 0.0331. The van der Waals surface area contributed by atoms with Gasteiger partial charge in [0, 0.05) is 0 Å². The molecule has 59 valence electrons. The van der Waals surface area contributed by atoms with Crippen molar-refractivity contribution in [2.24, 2.45) is 0 Å². The molecular weight excluding hydrogens is 215 g/mol. The molecule has 11 heavy (non-hydrogen) atoms. The predicted octanol–water partition coefficient (Wildman–Crippen LogP) is 2.36. The summed E-state index contributed by atoms with van der Waals surface area (Å²) in [5.41, 5.74) is 1.48. The van der Waals surface area contributed by atoms with E-state index in [1.807, 2.05) is 0 Å². The normalized spacial score (nSPS) is 14.4. The fraction of sp³-hybridized carbons (Fsp3) is 0.444. The van der Waals surface area contributed by atoms with E-state index in [-0.39, 0.29) is 5.78 Å². The van der Waals surface area contributed by atoms with Crippen molar-refractivity contribution >= 4 is 5.78 Å². The molecule has 2 heteroatoms. The van der Waals surface area contributed by atoms with Gasteiger partial charge in [-0.05, 0) is 13.8 Å². The zero-order valence-corrected chi connectivity index (χ0v) is 9.73. The van der Waals surface area contributed by atoms with Crippen LogP contribution in [0, 0.1) is 0 Å². The molecule has 1 nitrogen and oxygen atoms in total. The first-order valence-electron chi connectivity index (χ1n) is 3.59. The van der Waals surface area contributed by atoms with Gasteiger partial charge in [0.05, 0.1) is 0 Å². The van der Waals surface area contributed by atoms with Crippen molar-refractivity contribution < 1.29 is 29.5 Å². The number of hydrogen-bond acceptors (Lipinski definition) is 1. The van der Waals surface area contributed by atoms with Crippen LogP contribution in [0.1, 0.15) is 27.2 Å². The average Bonchev–Trinajstić information content (AvgIpc) is 2.15. The number of carbonyl (C=O) groups is 1. The molecule has 0 amide bonds. The third-order valence-electron chi connectivity index (χ3n) is 1.17. The van der Waals surface area contributed by atoms with Gasteiger partial charge in [0.1, 0.15) is 5.78 Å². The van der Waals surface area contributed by atoms with Gasteiger partial charge in [-0.2, -0.15) is 0 Å². The third kappa shape index (κ3) is 6.43. The van der Waals surface area contributed by atoms with Gasteiger partial charge in [-0.3, -0.25) is 0 Å². The molecule has 0 aromatic heterocycles. The zero-order chi connectivity index (χ0) is 8.85. The van der Waals surface area contributed by atoms with E-state index in [1.54, 1.807) is 28.0 Å². The van der Waals surface area contributed by atoms with E-state index in [0.717, 1.165) is 0 Å². The molecule has 0 bridgehead atoms. The van der Waals surface area contributed by atoms with E-state index in [9.17, 15) is 4.79 Å². The van der Waals surface area contributed by atoms with Gasteiger partial charge in [0.15, 0.2) is 0 Å².